The van der Waals surface area contributed by atoms with Crippen molar-refractivity contribution < 1.29 is 13.2 Å². The Morgan fingerprint density at radius 3 is 2.72 bits per heavy atom. The average molecular weight is 448 g/mol. The van der Waals surface area contributed by atoms with Gasteiger partial charge in [0.15, 0.2) is 0 Å². The van der Waals surface area contributed by atoms with Crippen molar-refractivity contribution >= 4 is 11.0 Å². The summed E-state index contributed by atoms with van der Waals surface area (Å²) in [6, 6.07) is 4.87. The third-order valence-electron chi connectivity index (χ3n) is 5.77. The van der Waals surface area contributed by atoms with Gasteiger partial charge in [-0.25, -0.2) is 4.79 Å². The molecule has 2 aromatic heterocycles. The molecular weight excluding hydrogens is 421 g/mol. The van der Waals surface area contributed by atoms with Crippen molar-refractivity contribution in [1.82, 2.24) is 25.6 Å². The number of aromatic nitrogens is 3. The van der Waals surface area contributed by atoms with Gasteiger partial charge in [0.1, 0.15) is 11.7 Å². The van der Waals surface area contributed by atoms with Crippen LogP contribution in [0.5, 0.6) is 0 Å². The predicted molar refractivity (Wildman–Crippen MR) is 117 cm³/mol. The maximum atomic E-state index is 14.0. The summed E-state index contributed by atoms with van der Waals surface area (Å²) in [7, 11) is 0. The number of hydrogen-bond donors (Lipinski definition) is 5. The molecule has 7 nitrogen and oxygen atoms in total. The summed E-state index contributed by atoms with van der Waals surface area (Å²) in [4.78, 5) is 21.0. The van der Waals surface area contributed by atoms with Gasteiger partial charge in [0, 0.05) is 42.5 Å². The highest BCUT2D eigenvalue weighted by Gasteiger charge is 2.43. The lowest BCUT2D eigenvalue weighted by molar-refractivity contribution is -0.160. The Balaban J connectivity index is 1.72. The molecule has 6 N–H and O–H groups in total. The van der Waals surface area contributed by atoms with Crippen LogP contribution in [-0.2, 0) is 6.42 Å². The molecule has 1 unspecified atom stereocenters. The van der Waals surface area contributed by atoms with Crippen molar-refractivity contribution in [3.8, 4) is 11.3 Å². The van der Waals surface area contributed by atoms with Crippen LogP contribution in [0.4, 0.5) is 13.2 Å². The van der Waals surface area contributed by atoms with Gasteiger partial charge in [0.2, 0.25) is 0 Å². The van der Waals surface area contributed by atoms with E-state index < -0.39 is 17.9 Å². The summed E-state index contributed by atoms with van der Waals surface area (Å²) < 4.78 is 42.0. The van der Waals surface area contributed by atoms with Gasteiger partial charge in [-0.2, -0.15) is 18.2 Å². The second-order valence-corrected chi connectivity index (χ2v) is 8.47. The number of aromatic amines is 2. The van der Waals surface area contributed by atoms with Gasteiger partial charge in [0.05, 0.1) is 0 Å². The Kier molecular flexibility index (Phi) is 6.36. The van der Waals surface area contributed by atoms with Crippen LogP contribution in [0, 0.1) is 0 Å². The van der Waals surface area contributed by atoms with E-state index in [2.05, 4.69) is 25.6 Å². The average Bonchev–Trinajstić information content (AvgIpc) is 3.09. The van der Waals surface area contributed by atoms with Gasteiger partial charge in [-0.1, -0.05) is 12.1 Å². The van der Waals surface area contributed by atoms with Crippen LogP contribution in [0.2, 0.25) is 0 Å². The van der Waals surface area contributed by atoms with Gasteiger partial charge in [0.25, 0.3) is 0 Å². The second-order valence-electron chi connectivity index (χ2n) is 8.47. The first-order valence-corrected chi connectivity index (χ1v) is 10.7. The Bertz CT molecular complexity index is 1130. The van der Waals surface area contributed by atoms with Crippen molar-refractivity contribution in [2.75, 3.05) is 13.1 Å². The zero-order chi connectivity index (χ0) is 22.9. The number of fused-ring (bicyclic) bond motifs is 1. The molecule has 0 spiro atoms. The second kappa shape index (κ2) is 9.05. The monoisotopic (exact) mass is 448 g/mol. The fraction of sp³-hybridized carbons (Fsp3) is 0.455. The standard InChI is InChI=1S/C22H27F3N6O/c1-12(26)3-2-4-13-7-14(18-8-15-9-28-21(32)31-20(15)30-18)5-6-17(13)19(22(23,24)25)29-16-10-27-11-16/h5-9,12,16,19,27,29H,2-4,10-11,26H2,1H3,(H2,28,30,31,32)/t12-,19?/m0/s1. The molecule has 1 aliphatic heterocycles. The van der Waals surface area contributed by atoms with Gasteiger partial charge in [-0.15, -0.1) is 0 Å². The third kappa shape index (κ3) is 5.03. The molecule has 1 aromatic carbocycles. The van der Waals surface area contributed by atoms with E-state index in [9.17, 15) is 18.0 Å². The molecule has 3 aromatic rings. The summed E-state index contributed by atoms with van der Waals surface area (Å²) in [6.45, 7) is 2.93. The normalized spacial score (nSPS) is 16.8. The summed E-state index contributed by atoms with van der Waals surface area (Å²) in [5.74, 6) is 0. The lowest BCUT2D eigenvalue weighted by atomic mass is 9.92. The van der Waals surface area contributed by atoms with Crippen LogP contribution in [0.15, 0.2) is 35.3 Å². The van der Waals surface area contributed by atoms with Gasteiger partial charge >= 0.3 is 11.9 Å². The predicted octanol–water partition coefficient (Wildman–Crippen LogP) is 2.75. The van der Waals surface area contributed by atoms with Crippen LogP contribution in [0.1, 0.15) is 36.9 Å². The van der Waals surface area contributed by atoms with Crippen molar-refractivity contribution in [1.29, 1.82) is 0 Å². The lowest BCUT2D eigenvalue weighted by Gasteiger charge is -2.34. The number of nitrogens with two attached hydrogens (primary N) is 1. The highest BCUT2D eigenvalue weighted by molar-refractivity contribution is 5.82. The largest absolute Gasteiger partial charge is 0.407 e. The summed E-state index contributed by atoms with van der Waals surface area (Å²) >= 11 is 0. The molecular formula is C22H27F3N6O. The molecule has 3 heterocycles. The highest BCUT2D eigenvalue weighted by atomic mass is 19.4. The Labute approximate surface area is 183 Å². The number of nitrogens with one attached hydrogen (secondary N) is 4. The van der Waals surface area contributed by atoms with E-state index in [0.717, 1.165) is 17.4 Å². The van der Waals surface area contributed by atoms with Crippen LogP contribution < -0.4 is 22.1 Å². The molecule has 0 saturated carbocycles. The topological polar surface area (TPSA) is 112 Å². The number of rotatable bonds is 8. The molecule has 0 radical (unpaired) electrons. The Morgan fingerprint density at radius 1 is 1.28 bits per heavy atom. The number of benzene rings is 1. The maximum absolute atomic E-state index is 14.0. The van der Waals surface area contributed by atoms with E-state index in [-0.39, 0.29) is 17.6 Å². The number of hydrogen-bond acceptors (Lipinski definition) is 5. The van der Waals surface area contributed by atoms with Gasteiger partial charge < -0.3 is 21.0 Å². The van der Waals surface area contributed by atoms with Crippen molar-refractivity contribution in [2.24, 2.45) is 5.73 Å². The fourth-order valence-electron chi connectivity index (χ4n) is 3.98. The number of aryl methyl sites for hydroxylation is 1. The van der Waals surface area contributed by atoms with Gasteiger partial charge in [-0.3, -0.25) is 5.32 Å². The van der Waals surface area contributed by atoms with Crippen molar-refractivity contribution in [3.05, 3.63) is 52.1 Å². The molecule has 0 bridgehead atoms. The number of H-pyrrole nitrogens is 2. The van der Waals surface area contributed by atoms with Crippen LogP contribution in [0.3, 0.4) is 0 Å². The van der Waals surface area contributed by atoms with E-state index in [1.54, 1.807) is 24.4 Å². The molecule has 1 fully saturated rings. The number of alkyl halides is 3. The highest BCUT2D eigenvalue weighted by Crippen LogP contribution is 2.37. The molecule has 1 saturated heterocycles. The molecule has 32 heavy (non-hydrogen) atoms. The molecule has 0 aliphatic carbocycles. The minimum absolute atomic E-state index is 0.0171. The van der Waals surface area contributed by atoms with Crippen LogP contribution in [-0.4, -0.2) is 46.3 Å². The van der Waals surface area contributed by atoms with Crippen molar-refractivity contribution in [3.63, 3.8) is 0 Å². The first-order valence-electron chi connectivity index (χ1n) is 10.7. The molecule has 10 heteroatoms. The molecule has 1 aliphatic rings. The number of halogens is 3. The smallest absolute Gasteiger partial charge is 0.339 e. The van der Waals surface area contributed by atoms with E-state index >= 15 is 0 Å². The molecule has 4 rings (SSSR count). The fourth-order valence-corrected chi connectivity index (χ4v) is 3.98. The van der Waals surface area contributed by atoms with Crippen molar-refractivity contribution in [2.45, 2.75) is 50.5 Å². The first-order chi connectivity index (χ1) is 15.2. The van der Waals surface area contributed by atoms with Gasteiger partial charge in [-0.05, 0) is 55.0 Å². The zero-order valence-electron chi connectivity index (χ0n) is 17.7. The first kappa shape index (κ1) is 22.5. The zero-order valence-corrected chi connectivity index (χ0v) is 17.7. The lowest BCUT2D eigenvalue weighted by Crippen LogP contribution is -2.58. The summed E-state index contributed by atoms with van der Waals surface area (Å²) in [6.07, 6.45) is -0.971. The number of nitrogens with zero attached hydrogens (tertiary/aromatic N) is 1. The summed E-state index contributed by atoms with van der Waals surface area (Å²) in [5.41, 5.74) is 8.11. The molecule has 0 amide bonds. The quantitative estimate of drug-likeness (QED) is 0.364. The third-order valence-corrected chi connectivity index (χ3v) is 5.77. The molecule has 2 atom stereocenters. The van der Waals surface area contributed by atoms with Crippen LogP contribution >= 0.6 is 0 Å². The summed E-state index contributed by atoms with van der Waals surface area (Å²) in [5, 5.41) is 6.48. The van der Waals surface area contributed by atoms with E-state index in [4.69, 9.17) is 5.73 Å². The van der Waals surface area contributed by atoms with E-state index in [1.807, 2.05) is 13.0 Å². The van der Waals surface area contributed by atoms with E-state index in [0.29, 0.717) is 42.8 Å². The van der Waals surface area contributed by atoms with E-state index in [1.165, 1.54) is 0 Å². The maximum Gasteiger partial charge on any atom is 0.407 e. The minimum atomic E-state index is -4.42. The Hall–Kier alpha value is -2.69. The Morgan fingerprint density at radius 2 is 2.06 bits per heavy atom. The minimum Gasteiger partial charge on any atom is -0.339 e. The molecule has 172 valence electrons. The SMILES string of the molecule is C[C@H](N)CCCc1cc(-c2cc3c[nH]c(=O)nc3[nH]2)ccc1C(NC1CNC1)C(F)(F)F. The van der Waals surface area contributed by atoms with Crippen LogP contribution in [0.25, 0.3) is 22.3 Å².